The van der Waals surface area contributed by atoms with Gasteiger partial charge in [-0.3, -0.25) is 9.78 Å². The maximum atomic E-state index is 12.6. The van der Waals surface area contributed by atoms with Crippen molar-refractivity contribution in [3.8, 4) is 5.69 Å². The van der Waals surface area contributed by atoms with Gasteiger partial charge < -0.3 is 10.3 Å². The summed E-state index contributed by atoms with van der Waals surface area (Å²) in [5.41, 5.74) is 4.03. The van der Waals surface area contributed by atoms with E-state index in [1.165, 1.54) is 0 Å². The van der Waals surface area contributed by atoms with Crippen LogP contribution in [0.1, 0.15) is 29.9 Å². The summed E-state index contributed by atoms with van der Waals surface area (Å²) in [5, 5.41) is 8.92. The normalized spacial score (nSPS) is 12.4. The molecule has 1 aromatic carbocycles. The molecule has 3 heterocycles. The van der Waals surface area contributed by atoms with Crippen LogP contribution in [-0.4, -0.2) is 19.7 Å². The fourth-order valence-electron chi connectivity index (χ4n) is 3.15. The molecule has 0 aliphatic heterocycles. The van der Waals surface area contributed by atoms with Crippen molar-refractivity contribution in [3.63, 3.8) is 0 Å². The zero-order valence-electron chi connectivity index (χ0n) is 15.3. The van der Waals surface area contributed by atoms with Crippen LogP contribution in [0.25, 0.3) is 16.7 Å². The standard InChI is InChI=1S/C21H21N5O/c1-14-18-12-16(13-23-15(2)19-10-6-7-11-22-19)21(27)24-20(18)26(25-14)17-8-4-3-5-9-17/h3-12,15,23H,13H2,1-2H3,(H,24,27). The zero-order valence-corrected chi connectivity index (χ0v) is 15.3. The van der Waals surface area contributed by atoms with Crippen LogP contribution in [0.3, 0.4) is 0 Å². The number of benzene rings is 1. The Labute approximate surface area is 156 Å². The monoisotopic (exact) mass is 359 g/mol. The summed E-state index contributed by atoms with van der Waals surface area (Å²) in [7, 11) is 0. The molecule has 0 saturated carbocycles. The summed E-state index contributed by atoms with van der Waals surface area (Å²) in [6.07, 6.45) is 1.77. The fraction of sp³-hybridized carbons (Fsp3) is 0.190. The molecular weight excluding hydrogens is 338 g/mol. The fourth-order valence-corrected chi connectivity index (χ4v) is 3.15. The molecule has 1 unspecified atom stereocenters. The molecule has 6 heteroatoms. The Morgan fingerprint density at radius 2 is 1.93 bits per heavy atom. The third kappa shape index (κ3) is 3.39. The van der Waals surface area contributed by atoms with Gasteiger partial charge in [0.1, 0.15) is 5.65 Å². The van der Waals surface area contributed by atoms with Crippen molar-refractivity contribution in [2.75, 3.05) is 0 Å². The van der Waals surface area contributed by atoms with E-state index < -0.39 is 0 Å². The van der Waals surface area contributed by atoms with Crippen molar-refractivity contribution in [1.29, 1.82) is 0 Å². The van der Waals surface area contributed by atoms with E-state index in [1.807, 2.05) is 68.4 Å². The predicted octanol–water partition coefficient (Wildman–Crippen LogP) is 3.27. The first-order valence-corrected chi connectivity index (χ1v) is 8.95. The molecule has 4 aromatic rings. The number of hydrogen-bond acceptors (Lipinski definition) is 4. The number of pyridine rings is 2. The van der Waals surface area contributed by atoms with E-state index in [0.717, 1.165) is 22.5 Å². The quantitative estimate of drug-likeness (QED) is 0.573. The smallest absolute Gasteiger partial charge is 0.254 e. The van der Waals surface area contributed by atoms with E-state index in [9.17, 15) is 4.79 Å². The molecule has 0 aliphatic carbocycles. The summed E-state index contributed by atoms with van der Waals surface area (Å²) < 4.78 is 1.78. The number of para-hydroxylation sites is 1. The molecule has 3 aromatic heterocycles. The minimum absolute atomic E-state index is 0.0504. The van der Waals surface area contributed by atoms with Gasteiger partial charge in [0.05, 0.1) is 17.1 Å². The van der Waals surface area contributed by atoms with Crippen LogP contribution in [0.2, 0.25) is 0 Å². The second-order valence-electron chi connectivity index (χ2n) is 6.58. The van der Waals surface area contributed by atoms with E-state index in [1.54, 1.807) is 10.9 Å². The Morgan fingerprint density at radius 3 is 2.67 bits per heavy atom. The maximum Gasteiger partial charge on any atom is 0.254 e. The highest BCUT2D eigenvalue weighted by Crippen LogP contribution is 2.20. The van der Waals surface area contributed by atoms with Gasteiger partial charge in [-0.25, -0.2) is 4.68 Å². The van der Waals surface area contributed by atoms with E-state index in [4.69, 9.17) is 0 Å². The second kappa shape index (κ2) is 7.17. The first-order valence-electron chi connectivity index (χ1n) is 8.95. The van der Waals surface area contributed by atoms with Gasteiger partial charge in [-0.2, -0.15) is 5.10 Å². The van der Waals surface area contributed by atoms with Crippen LogP contribution >= 0.6 is 0 Å². The summed E-state index contributed by atoms with van der Waals surface area (Å²) in [4.78, 5) is 20.0. The van der Waals surface area contributed by atoms with E-state index in [0.29, 0.717) is 17.8 Å². The van der Waals surface area contributed by atoms with Crippen LogP contribution < -0.4 is 10.9 Å². The molecule has 2 N–H and O–H groups in total. The Kier molecular flexibility index (Phi) is 4.56. The van der Waals surface area contributed by atoms with E-state index >= 15 is 0 Å². The molecule has 1 atom stereocenters. The molecular formula is C21H21N5O. The van der Waals surface area contributed by atoms with Crippen molar-refractivity contribution in [1.82, 2.24) is 25.1 Å². The van der Waals surface area contributed by atoms with Gasteiger partial charge in [0.2, 0.25) is 0 Å². The Bertz CT molecular complexity index is 1120. The van der Waals surface area contributed by atoms with Crippen molar-refractivity contribution < 1.29 is 0 Å². The first kappa shape index (κ1) is 17.2. The third-order valence-electron chi connectivity index (χ3n) is 4.68. The summed E-state index contributed by atoms with van der Waals surface area (Å²) in [5.74, 6) is 0. The van der Waals surface area contributed by atoms with Gasteiger partial charge in [-0.1, -0.05) is 24.3 Å². The highest BCUT2D eigenvalue weighted by Gasteiger charge is 2.13. The number of rotatable bonds is 5. The molecule has 4 rings (SSSR count). The number of fused-ring (bicyclic) bond motifs is 1. The number of aromatic amines is 1. The lowest BCUT2D eigenvalue weighted by atomic mass is 10.1. The largest absolute Gasteiger partial charge is 0.306 e. The van der Waals surface area contributed by atoms with Crippen LogP contribution in [0.5, 0.6) is 0 Å². The van der Waals surface area contributed by atoms with Crippen molar-refractivity contribution >= 4 is 11.0 Å². The average molecular weight is 359 g/mol. The molecule has 0 fully saturated rings. The van der Waals surface area contributed by atoms with E-state index in [2.05, 4.69) is 20.4 Å². The minimum atomic E-state index is -0.111. The van der Waals surface area contributed by atoms with Gasteiger partial charge in [0.15, 0.2) is 0 Å². The van der Waals surface area contributed by atoms with Gasteiger partial charge in [-0.15, -0.1) is 0 Å². The van der Waals surface area contributed by atoms with Crippen LogP contribution in [0.4, 0.5) is 0 Å². The van der Waals surface area contributed by atoms with E-state index in [-0.39, 0.29) is 11.6 Å². The van der Waals surface area contributed by atoms with Crippen LogP contribution in [0.15, 0.2) is 65.6 Å². The highest BCUT2D eigenvalue weighted by molar-refractivity contribution is 5.80. The van der Waals surface area contributed by atoms with Gasteiger partial charge in [0, 0.05) is 29.7 Å². The van der Waals surface area contributed by atoms with Gasteiger partial charge in [0.25, 0.3) is 5.56 Å². The molecule has 0 amide bonds. The number of aryl methyl sites for hydroxylation is 1. The second-order valence-corrected chi connectivity index (χ2v) is 6.58. The lowest BCUT2D eigenvalue weighted by molar-refractivity contribution is 0.559. The SMILES string of the molecule is Cc1nn(-c2ccccc2)c2[nH]c(=O)c(CNC(C)c3ccccn3)cc12. The molecule has 0 radical (unpaired) electrons. The molecule has 27 heavy (non-hydrogen) atoms. The van der Waals surface area contributed by atoms with Crippen molar-refractivity contribution in [3.05, 3.63) is 88.1 Å². The first-order chi connectivity index (χ1) is 13.1. The van der Waals surface area contributed by atoms with Crippen molar-refractivity contribution in [2.24, 2.45) is 0 Å². The summed E-state index contributed by atoms with van der Waals surface area (Å²) in [6.45, 7) is 4.44. The molecule has 0 bridgehead atoms. The number of H-pyrrole nitrogens is 1. The number of nitrogens with zero attached hydrogens (tertiary/aromatic N) is 3. The summed E-state index contributed by atoms with van der Waals surface area (Å²) in [6, 6.07) is 17.6. The molecule has 136 valence electrons. The Balaban J connectivity index is 1.65. The maximum absolute atomic E-state index is 12.6. The van der Waals surface area contributed by atoms with Crippen LogP contribution in [0, 0.1) is 6.92 Å². The molecule has 0 aliphatic rings. The molecule has 6 nitrogen and oxygen atoms in total. The Morgan fingerprint density at radius 1 is 1.15 bits per heavy atom. The number of hydrogen-bond donors (Lipinski definition) is 2. The van der Waals surface area contributed by atoms with Crippen LogP contribution in [-0.2, 0) is 6.54 Å². The summed E-state index contributed by atoms with van der Waals surface area (Å²) >= 11 is 0. The lowest BCUT2D eigenvalue weighted by Crippen LogP contribution is -2.24. The topological polar surface area (TPSA) is 75.6 Å². The third-order valence-corrected chi connectivity index (χ3v) is 4.68. The number of aromatic nitrogens is 4. The molecule has 0 saturated heterocycles. The molecule has 0 spiro atoms. The highest BCUT2D eigenvalue weighted by atomic mass is 16.1. The minimum Gasteiger partial charge on any atom is -0.306 e. The van der Waals surface area contributed by atoms with Crippen molar-refractivity contribution in [2.45, 2.75) is 26.4 Å². The predicted molar refractivity (Wildman–Crippen MR) is 106 cm³/mol. The van der Waals surface area contributed by atoms with Gasteiger partial charge in [-0.05, 0) is 44.2 Å². The lowest BCUT2D eigenvalue weighted by Gasteiger charge is -2.13. The average Bonchev–Trinajstić information content (AvgIpc) is 3.03. The zero-order chi connectivity index (χ0) is 18.8. The van der Waals surface area contributed by atoms with Gasteiger partial charge >= 0.3 is 0 Å². The number of nitrogens with one attached hydrogen (secondary N) is 2. The Hall–Kier alpha value is -3.25.